The zero-order chi connectivity index (χ0) is 25.6. The van der Waals surface area contributed by atoms with Crippen LogP contribution in [0.2, 0.25) is 0 Å². The van der Waals surface area contributed by atoms with Crippen LogP contribution in [0.15, 0.2) is 52.5 Å². The minimum Gasteiger partial charge on any atom is -0.497 e. The van der Waals surface area contributed by atoms with Gasteiger partial charge < -0.3 is 19.9 Å². The van der Waals surface area contributed by atoms with Crippen molar-refractivity contribution in [2.45, 2.75) is 37.5 Å². The van der Waals surface area contributed by atoms with Crippen LogP contribution in [0.4, 0.5) is 5.69 Å². The largest absolute Gasteiger partial charge is 0.497 e. The number of carbonyl (C=O) groups excluding carboxylic acids is 1. The number of hydrazone groups is 1. The molecule has 1 saturated carbocycles. The fraction of sp³-hybridized carbons (Fsp3) is 0.375. The van der Waals surface area contributed by atoms with E-state index in [4.69, 9.17) is 9.47 Å². The Morgan fingerprint density at radius 2 is 1.66 bits per heavy atom. The first-order valence-corrected chi connectivity index (χ1v) is 12.6. The van der Waals surface area contributed by atoms with Crippen LogP contribution in [0.25, 0.3) is 0 Å². The molecule has 1 amide bonds. The molecule has 0 heterocycles. The lowest BCUT2D eigenvalue weighted by Gasteiger charge is -2.27. The Morgan fingerprint density at radius 3 is 2.26 bits per heavy atom. The summed E-state index contributed by atoms with van der Waals surface area (Å²) in [5, 5.41) is 16.2. The van der Waals surface area contributed by atoms with Crippen LogP contribution in [-0.4, -0.2) is 45.3 Å². The number of ether oxygens (including phenoxy) is 2. The van der Waals surface area contributed by atoms with Crippen molar-refractivity contribution in [2.24, 2.45) is 16.9 Å². The third-order valence-corrected chi connectivity index (χ3v) is 7.23. The lowest BCUT2D eigenvalue weighted by Crippen LogP contribution is -2.36. The van der Waals surface area contributed by atoms with Gasteiger partial charge in [0.1, 0.15) is 16.4 Å². The average Bonchev–Trinajstić information content (AvgIpc) is 2.87. The smallest absolute Gasteiger partial charge is 0.307 e. The van der Waals surface area contributed by atoms with Gasteiger partial charge in [-0.2, -0.15) is 18.4 Å². The van der Waals surface area contributed by atoms with E-state index in [1.807, 2.05) is 0 Å². The lowest BCUT2D eigenvalue weighted by atomic mass is 9.78. The van der Waals surface area contributed by atoms with E-state index < -0.39 is 27.8 Å². The standard InChI is InChI=1S/C24H29N3O7S/c1-15(26-27-35(31,32)22-13-12-18(33-2)14-21(22)34-3)16-8-10-17(11-9-16)25-23(28)19-6-4-5-7-20(19)24(29)30/h8-14,19-20,27H,4-7H2,1-3H3,(H,25,28)(H,29,30)/b26-15+/t19-,20-/m1/s1. The molecule has 0 bridgehead atoms. The Balaban J connectivity index is 1.68. The molecule has 10 nitrogen and oxygen atoms in total. The second kappa shape index (κ2) is 11.2. The number of methoxy groups -OCH3 is 2. The number of carboxylic acid groups (broad SMARTS) is 1. The molecule has 0 spiro atoms. The van der Waals surface area contributed by atoms with E-state index in [1.165, 1.54) is 32.4 Å². The summed E-state index contributed by atoms with van der Waals surface area (Å²) in [5.74, 6) is -1.91. The van der Waals surface area contributed by atoms with Gasteiger partial charge in [-0.05, 0) is 49.6 Å². The van der Waals surface area contributed by atoms with Crippen molar-refractivity contribution >= 4 is 33.3 Å². The minimum absolute atomic E-state index is 0.0854. The molecule has 3 N–H and O–H groups in total. The van der Waals surface area contributed by atoms with Crippen LogP contribution in [0.3, 0.4) is 0 Å². The number of nitrogens with one attached hydrogen (secondary N) is 2. The molecule has 0 unspecified atom stereocenters. The molecule has 1 fully saturated rings. The second-order valence-electron chi connectivity index (χ2n) is 8.21. The van der Waals surface area contributed by atoms with E-state index >= 15 is 0 Å². The second-order valence-corrected chi connectivity index (χ2v) is 9.84. The number of sulfonamides is 1. The molecule has 0 saturated heterocycles. The van der Waals surface area contributed by atoms with Crippen molar-refractivity contribution in [1.29, 1.82) is 0 Å². The maximum Gasteiger partial charge on any atom is 0.307 e. The summed E-state index contributed by atoms with van der Waals surface area (Å²) in [6, 6.07) is 11.0. The molecule has 35 heavy (non-hydrogen) atoms. The van der Waals surface area contributed by atoms with Crippen molar-refractivity contribution in [2.75, 3.05) is 19.5 Å². The highest BCUT2D eigenvalue weighted by atomic mass is 32.2. The van der Waals surface area contributed by atoms with Crippen LogP contribution in [0.5, 0.6) is 11.5 Å². The van der Waals surface area contributed by atoms with Gasteiger partial charge in [-0.3, -0.25) is 9.59 Å². The molecule has 2 aromatic rings. The molecule has 1 aliphatic rings. The predicted octanol–water partition coefficient (Wildman–Crippen LogP) is 3.24. The number of benzene rings is 2. The number of amides is 1. The minimum atomic E-state index is -4.00. The van der Waals surface area contributed by atoms with Crippen LogP contribution >= 0.6 is 0 Å². The van der Waals surface area contributed by atoms with Gasteiger partial charge in [0, 0.05) is 11.8 Å². The van der Waals surface area contributed by atoms with Gasteiger partial charge in [0.05, 0.1) is 31.8 Å². The van der Waals surface area contributed by atoms with E-state index in [9.17, 15) is 23.1 Å². The Hall–Kier alpha value is -3.60. The van der Waals surface area contributed by atoms with E-state index in [0.717, 1.165) is 12.8 Å². The highest BCUT2D eigenvalue weighted by Gasteiger charge is 2.35. The molecular weight excluding hydrogens is 474 g/mol. The van der Waals surface area contributed by atoms with Crippen LogP contribution in [0, 0.1) is 11.8 Å². The third-order valence-electron chi connectivity index (χ3n) is 5.98. The summed E-state index contributed by atoms with van der Waals surface area (Å²) in [7, 11) is -1.18. The van der Waals surface area contributed by atoms with Gasteiger partial charge >= 0.3 is 5.97 Å². The van der Waals surface area contributed by atoms with E-state index in [2.05, 4.69) is 15.2 Å². The molecule has 3 rings (SSSR count). The number of hydrogen-bond donors (Lipinski definition) is 3. The van der Waals surface area contributed by atoms with Crippen molar-refractivity contribution in [1.82, 2.24) is 4.83 Å². The maximum absolute atomic E-state index is 12.7. The lowest BCUT2D eigenvalue weighted by molar-refractivity contribution is -0.147. The first-order valence-electron chi connectivity index (χ1n) is 11.1. The molecule has 2 atom stereocenters. The predicted molar refractivity (Wildman–Crippen MR) is 130 cm³/mol. The summed E-state index contributed by atoms with van der Waals surface area (Å²) in [6.45, 7) is 1.64. The van der Waals surface area contributed by atoms with Crippen molar-refractivity contribution in [3.05, 3.63) is 48.0 Å². The Bertz CT molecular complexity index is 1210. The Morgan fingerprint density at radius 1 is 1.00 bits per heavy atom. The van der Waals surface area contributed by atoms with Crippen LogP contribution in [-0.2, 0) is 19.6 Å². The summed E-state index contributed by atoms with van der Waals surface area (Å²) in [5.41, 5.74) is 1.55. The normalized spacial score (nSPS) is 18.4. The fourth-order valence-electron chi connectivity index (χ4n) is 4.01. The van der Waals surface area contributed by atoms with E-state index in [0.29, 0.717) is 35.6 Å². The Kier molecular flexibility index (Phi) is 8.34. The molecule has 1 aliphatic carbocycles. The molecule has 0 aromatic heterocycles. The monoisotopic (exact) mass is 503 g/mol. The number of hydrogen-bond acceptors (Lipinski definition) is 7. The number of aliphatic carboxylic acids is 1. The molecular formula is C24H29N3O7S. The summed E-state index contributed by atoms with van der Waals surface area (Å²) in [6.07, 6.45) is 2.68. The zero-order valence-electron chi connectivity index (χ0n) is 19.8. The van der Waals surface area contributed by atoms with Crippen molar-refractivity contribution in [3.63, 3.8) is 0 Å². The molecule has 2 aromatic carbocycles. The Labute approximate surface area is 204 Å². The topological polar surface area (TPSA) is 143 Å². The number of carboxylic acids is 1. The fourth-order valence-corrected chi connectivity index (χ4v) is 5.02. The highest BCUT2D eigenvalue weighted by molar-refractivity contribution is 7.89. The third kappa shape index (κ3) is 6.30. The SMILES string of the molecule is COc1ccc(S(=O)(=O)N/N=C(\C)c2ccc(NC(=O)[C@@H]3CCCC[C@H]3C(=O)O)cc2)c(OC)c1. The quantitative estimate of drug-likeness (QED) is 0.352. The average molecular weight is 504 g/mol. The van der Waals surface area contributed by atoms with E-state index in [-0.39, 0.29) is 16.6 Å². The van der Waals surface area contributed by atoms with Gasteiger partial charge in [-0.1, -0.05) is 25.0 Å². The first-order chi connectivity index (χ1) is 16.7. The highest BCUT2D eigenvalue weighted by Crippen LogP contribution is 2.31. The number of nitrogens with zero attached hydrogens (tertiary/aromatic N) is 1. The molecule has 11 heteroatoms. The van der Waals surface area contributed by atoms with Crippen LogP contribution in [0.1, 0.15) is 38.2 Å². The molecule has 188 valence electrons. The van der Waals surface area contributed by atoms with Gasteiger partial charge in [-0.15, -0.1) is 0 Å². The van der Waals surface area contributed by atoms with Gasteiger partial charge in [0.2, 0.25) is 5.91 Å². The number of rotatable bonds is 9. The van der Waals surface area contributed by atoms with Crippen molar-refractivity contribution < 1.29 is 32.6 Å². The maximum atomic E-state index is 12.7. The zero-order valence-corrected chi connectivity index (χ0v) is 20.6. The number of carbonyl (C=O) groups is 2. The van der Waals surface area contributed by atoms with Gasteiger partial charge in [0.15, 0.2) is 0 Å². The van der Waals surface area contributed by atoms with E-state index in [1.54, 1.807) is 31.2 Å². The summed E-state index contributed by atoms with van der Waals surface area (Å²) in [4.78, 5) is 26.2. The van der Waals surface area contributed by atoms with Gasteiger partial charge in [-0.25, -0.2) is 0 Å². The number of anilines is 1. The van der Waals surface area contributed by atoms with Crippen molar-refractivity contribution in [3.8, 4) is 11.5 Å². The molecule has 0 radical (unpaired) electrons. The van der Waals surface area contributed by atoms with Gasteiger partial charge in [0.25, 0.3) is 10.0 Å². The first kappa shape index (κ1) is 26.0. The molecule has 0 aliphatic heterocycles. The summed E-state index contributed by atoms with van der Waals surface area (Å²) < 4.78 is 35.7. The van der Waals surface area contributed by atoms with Crippen LogP contribution < -0.4 is 19.6 Å². The summed E-state index contributed by atoms with van der Waals surface area (Å²) >= 11 is 0.